The summed E-state index contributed by atoms with van der Waals surface area (Å²) < 4.78 is 6.19. The zero-order chi connectivity index (χ0) is 40.5. The van der Waals surface area contributed by atoms with Gasteiger partial charge in [0.2, 0.25) is 0 Å². The Labute approximate surface area is 330 Å². The number of ketones is 1. The molecule has 0 bridgehead atoms. The third-order valence-corrected chi connectivity index (χ3v) is 16.7. The number of allylic oxidation sites excluding steroid dienone is 1. The third kappa shape index (κ3) is 6.96. The molecule has 4 saturated carbocycles. The number of nitrogens with one attached hydrogen (secondary N) is 1. The molecule has 3 N–H and O–H groups in total. The molecule has 0 amide bonds. The van der Waals surface area contributed by atoms with E-state index in [-0.39, 0.29) is 51.8 Å². The minimum absolute atomic E-state index is 0.0242. The molecule has 10 nitrogen and oxygen atoms in total. The Morgan fingerprint density at radius 2 is 1.69 bits per heavy atom. The quantitative estimate of drug-likeness (QED) is 0.174. The summed E-state index contributed by atoms with van der Waals surface area (Å²) in [5.41, 5.74) is 1.44. The summed E-state index contributed by atoms with van der Waals surface area (Å²) in [5, 5.41) is 29.5. The van der Waals surface area contributed by atoms with Crippen molar-refractivity contribution < 1.29 is 29.3 Å². The van der Waals surface area contributed by atoms with E-state index in [1.165, 1.54) is 5.57 Å². The van der Waals surface area contributed by atoms with Crippen LogP contribution in [0.3, 0.4) is 0 Å². The van der Waals surface area contributed by atoms with Crippen LogP contribution in [0, 0.1) is 56.2 Å². The second-order valence-corrected chi connectivity index (χ2v) is 21.2. The standard InChI is InChI=1S/C45H72N4O6/c1-28(2)37-31(50)24-45(34(51)27-49(23-22-48(10)11)26-29-16-21-46-47-29)20-19-43(8)30(38(37)45)12-13-33-42(7)17-15-35(55-36(52)25-40(3,4)39(53)54)41(5,6)32(42)14-18-44(33,43)9/h16,21,28,30,32-35,51H,12-15,17-20,22-27H2,1-11H3,(H,46,47)(H,53,54)/t30?,32-,33+,34-,35-,42?,43+,44+,45?/m0/s1. The van der Waals surface area contributed by atoms with Crippen molar-refractivity contribution in [2.45, 2.75) is 145 Å². The number of H-pyrrole nitrogens is 1. The topological polar surface area (TPSA) is 136 Å². The lowest BCUT2D eigenvalue weighted by Gasteiger charge is -2.72. The Kier molecular flexibility index (Phi) is 11.2. The van der Waals surface area contributed by atoms with E-state index >= 15 is 0 Å². The highest BCUT2D eigenvalue weighted by Crippen LogP contribution is 2.77. The molecule has 0 radical (unpaired) electrons. The lowest BCUT2D eigenvalue weighted by molar-refractivity contribution is -0.235. The van der Waals surface area contributed by atoms with E-state index in [9.17, 15) is 24.6 Å². The Hall–Kier alpha value is -2.56. The van der Waals surface area contributed by atoms with Crippen molar-refractivity contribution in [2.24, 2.45) is 56.2 Å². The number of carbonyl (C=O) groups is 3. The maximum absolute atomic E-state index is 14.3. The van der Waals surface area contributed by atoms with Crippen molar-refractivity contribution in [1.29, 1.82) is 0 Å². The minimum Gasteiger partial charge on any atom is -0.481 e. The first kappa shape index (κ1) is 42.1. The number of Topliss-reactive ketones (excluding diaryl/α,β-unsaturated/α-hetero) is 1. The maximum atomic E-state index is 14.3. The molecule has 0 aliphatic heterocycles. The number of aliphatic hydroxyl groups excluding tert-OH is 1. The van der Waals surface area contributed by atoms with Crippen LogP contribution < -0.4 is 0 Å². The molecule has 1 aromatic heterocycles. The minimum atomic E-state index is -1.17. The van der Waals surface area contributed by atoms with Gasteiger partial charge in [-0.1, -0.05) is 54.0 Å². The number of aromatic nitrogens is 2. The molecule has 1 heterocycles. The highest BCUT2D eigenvalue weighted by molar-refractivity contribution is 6.00. The molecule has 5 aliphatic carbocycles. The lowest BCUT2D eigenvalue weighted by atomic mass is 9.33. The van der Waals surface area contributed by atoms with E-state index in [0.29, 0.717) is 31.3 Å². The molecule has 308 valence electrons. The van der Waals surface area contributed by atoms with Gasteiger partial charge in [0.15, 0.2) is 5.78 Å². The summed E-state index contributed by atoms with van der Waals surface area (Å²) in [5.74, 6) is 0.0256. The summed E-state index contributed by atoms with van der Waals surface area (Å²) in [6.07, 6.45) is 8.95. The molecule has 10 heteroatoms. The number of hydrogen-bond acceptors (Lipinski definition) is 8. The fraction of sp³-hybridized carbons (Fsp3) is 0.822. The van der Waals surface area contributed by atoms with Crippen molar-refractivity contribution in [3.63, 3.8) is 0 Å². The number of fused-ring (bicyclic) bond motifs is 7. The van der Waals surface area contributed by atoms with Gasteiger partial charge in [0, 0.05) is 55.3 Å². The second-order valence-electron chi connectivity index (χ2n) is 21.2. The fourth-order valence-electron chi connectivity index (χ4n) is 13.5. The zero-order valence-corrected chi connectivity index (χ0v) is 35.9. The van der Waals surface area contributed by atoms with Gasteiger partial charge in [0.25, 0.3) is 0 Å². The van der Waals surface area contributed by atoms with Gasteiger partial charge < -0.3 is 19.8 Å². The maximum Gasteiger partial charge on any atom is 0.309 e. The number of nitrogens with zero attached hydrogens (tertiary/aromatic N) is 3. The summed E-state index contributed by atoms with van der Waals surface area (Å²) in [7, 11) is 4.16. The fourth-order valence-corrected chi connectivity index (χ4v) is 13.5. The monoisotopic (exact) mass is 765 g/mol. The number of hydrogen-bond donors (Lipinski definition) is 3. The van der Waals surface area contributed by atoms with Crippen molar-refractivity contribution in [3.8, 4) is 0 Å². The van der Waals surface area contributed by atoms with Crippen LogP contribution in [0.5, 0.6) is 0 Å². The molecule has 3 unspecified atom stereocenters. The first-order valence-corrected chi connectivity index (χ1v) is 21.3. The Bertz CT molecular complexity index is 1650. The molecule has 9 atom stereocenters. The van der Waals surface area contributed by atoms with Crippen LogP contribution in [0.15, 0.2) is 23.4 Å². The van der Waals surface area contributed by atoms with Crippen molar-refractivity contribution in [3.05, 3.63) is 29.1 Å². The molecule has 55 heavy (non-hydrogen) atoms. The summed E-state index contributed by atoms with van der Waals surface area (Å²) in [6, 6.07) is 2.00. The van der Waals surface area contributed by atoms with Gasteiger partial charge in [0.1, 0.15) is 6.10 Å². The van der Waals surface area contributed by atoms with E-state index < -0.39 is 28.9 Å². The van der Waals surface area contributed by atoms with Crippen molar-refractivity contribution in [1.82, 2.24) is 20.0 Å². The molecule has 5 aliphatic rings. The molecule has 0 spiro atoms. The van der Waals surface area contributed by atoms with E-state index in [1.807, 2.05) is 6.07 Å². The summed E-state index contributed by atoms with van der Waals surface area (Å²) in [6.45, 7) is 22.6. The van der Waals surface area contributed by atoms with Crippen LogP contribution in [0.1, 0.15) is 132 Å². The average Bonchev–Trinajstić information content (AvgIpc) is 3.70. The zero-order valence-electron chi connectivity index (χ0n) is 35.9. The second kappa shape index (κ2) is 14.7. The average molecular weight is 765 g/mol. The number of aliphatic hydroxyl groups is 1. The number of rotatable bonds is 13. The van der Waals surface area contributed by atoms with Crippen LogP contribution in [0.2, 0.25) is 0 Å². The smallest absolute Gasteiger partial charge is 0.309 e. The van der Waals surface area contributed by atoms with E-state index in [1.54, 1.807) is 20.0 Å². The lowest BCUT2D eigenvalue weighted by Crippen LogP contribution is -2.66. The first-order valence-electron chi connectivity index (χ1n) is 21.3. The van der Waals surface area contributed by atoms with Gasteiger partial charge in [-0.3, -0.25) is 24.4 Å². The predicted molar refractivity (Wildman–Crippen MR) is 214 cm³/mol. The normalized spacial score (nSPS) is 36.4. The van der Waals surface area contributed by atoms with Crippen LogP contribution >= 0.6 is 0 Å². The van der Waals surface area contributed by atoms with Gasteiger partial charge in [-0.2, -0.15) is 5.10 Å². The molecule has 0 saturated heterocycles. The van der Waals surface area contributed by atoms with Crippen LogP contribution in [0.4, 0.5) is 0 Å². The van der Waals surface area contributed by atoms with Crippen molar-refractivity contribution >= 4 is 17.7 Å². The van der Waals surface area contributed by atoms with Gasteiger partial charge in [-0.05, 0) is 131 Å². The van der Waals surface area contributed by atoms with Gasteiger partial charge in [-0.25, -0.2) is 0 Å². The number of carboxylic acid groups (broad SMARTS) is 1. The number of esters is 1. The number of ether oxygens (including phenoxy) is 1. The van der Waals surface area contributed by atoms with Crippen LogP contribution in [-0.2, 0) is 25.7 Å². The van der Waals surface area contributed by atoms with Crippen molar-refractivity contribution in [2.75, 3.05) is 33.7 Å². The molecule has 6 rings (SSSR count). The van der Waals surface area contributed by atoms with E-state index in [0.717, 1.165) is 75.7 Å². The largest absolute Gasteiger partial charge is 0.481 e. The number of carboxylic acids is 1. The third-order valence-electron chi connectivity index (χ3n) is 16.7. The summed E-state index contributed by atoms with van der Waals surface area (Å²) in [4.78, 5) is 43.7. The first-order chi connectivity index (χ1) is 25.5. The molecule has 0 aromatic carbocycles. The SMILES string of the molecule is CC(C)C1=C2C3CC[C@@H]4C5(C)CC[C@H](OC(=O)CC(C)(C)C(=O)O)C(C)(C)[C@@H]5CC[C@@]4(C)[C@]3(C)CCC2([C@@H](O)CN(CCN(C)C)Cc2ccn[nH]2)CC1=O. The highest BCUT2D eigenvalue weighted by atomic mass is 16.5. The van der Waals surface area contributed by atoms with Crippen LogP contribution in [-0.4, -0.2) is 93.9 Å². The number of aromatic amines is 1. The Morgan fingerprint density at radius 3 is 2.31 bits per heavy atom. The number of carbonyl (C=O) groups excluding carboxylic acids is 2. The highest BCUT2D eigenvalue weighted by Gasteiger charge is 2.71. The van der Waals surface area contributed by atoms with E-state index in [4.69, 9.17) is 4.74 Å². The van der Waals surface area contributed by atoms with Gasteiger partial charge in [-0.15, -0.1) is 0 Å². The Balaban J connectivity index is 1.28. The van der Waals surface area contributed by atoms with Gasteiger partial charge in [0.05, 0.1) is 17.9 Å². The summed E-state index contributed by atoms with van der Waals surface area (Å²) >= 11 is 0. The molecular weight excluding hydrogens is 693 g/mol. The van der Waals surface area contributed by atoms with E-state index in [2.05, 4.69) is 82.6 Å². The molecule has 4 fully saturated rings. The molecular formula is C45H72N4O6. The predicted octanol–water partition coefficient (Wildman–Crippen LogP) is 7.53. The van der Waals surface area contributed by atoms with Gasteiger partial charge >= 0.3 is 11.9 Å². The Morgan fingerprint density at radius 1 is 0.982 bits per heavy atom. The molecule has 1 aromatic rings. The number of likely N-dealkylation sites (N-methyl/N-ethyl adjacent to an activating group) is 1. The number of aliphatic carboxylic acids is 1. The van der Waals surface area contributed by atoms with Crippen LogP contribution in [0.25, 0.3) is 0 Å².